The molecule has 3 aromatic carbocycles. The summed E-state index contributed by atoms with van der Waals surface area (Å²) in [5.74, 6) is 0.111. The van der Waals surface area contributed by atoms with E-state index in [0.29, 0.717) is 23.1 Å². The second-order valence-corrected chi connectivity index (χ2v) is 12.3. The Hall–Kier alpha value is -3.35. The van der Waals surface area contributed by atoms with Gasteiger partial charge in [-0.1, -0.05) is 72.3 Å². The SMILES string of the molecule is Cc1cccc(CN2C(=O)/C(=C\c3ccc(C(=O)N4CCC(N5CCCCC5)CC4)cc3)Sc3ccccc32)c1. The van der Waals surface area contributed by atoms with Gasteiger partial charge in [0.1, 0.15) is 0 Å². The van der Waals surface area contributed by atoms with E-state index >= 15 is 0 Å². The molecular formula is C34H37N3O2S. The molecule has 0 spiro atoms. The summed E-state index contributed by atoms with van der Waals surface area (Å²) in [5.41, 5.74) is 4.87. The van der Waals surface area contributed by atoms with Crippen molar-refractivity contribution in [1.82, 2.24) is 9.80 Å². The summed E-state index contributed by atoms with van der Waals surface area (Å²) >= 11 is 1.51. The van der Waals surface area contributed by atoms with Crippen LogP contribution in [-0.4, -0.2) is 53.8 Å². The van der Waals surface area contributed by atoms with Crippen LogP contribution in [0.3, 0.4) is 0 Å². The number of hydrogen-bond donors (Lipinski definition) is 0. The van der Waals surface area contributed by atoms with Gasteiger partial charge in [-0.3, -0.25) is 9.59 Å². The number of anilines is 1. The van der Waals surface area contributed by atoms with Crippen molar-refractivity contribution in [3.63, 3.8) is 0 Å². The fourth-order valence-electron chi connectivity index (χ4n) is 6.19. The summed E-state index contributed by atoms with van der Waals surface area (Å²) in [5, 5.41) is 0. The summed E-state index contributed by atoms with van der Waals surface area (Å²) < 4.78 is 0. The van der Waals surface area contributed by atoms with Crippen LogP contribution in [-0.2, 0) is 11.3 Å². The molecule has 2 amide bonds. The zero-order chi connectivity index (χ0) is 27.5. The van der Waals surface area contributed by atoms with Gasteiger partial charge in [-0.15, -0.1) is 0 Å². The average molecular weight is 552 g/mol. The lowest BCUT2D eigenvalue weighted by Crippen LogP contribution is -2.48. The number of para-hydroxylation sites is 1. The first-order chi connectivity index (χ1) is 19.5. The zero-order valence-corrected chi connectivity index (χ0v) is 24.0. The molecular weight excluding hydrogens is 514 g/mol. The molecule has 0 aromatic heterocycles. The second-order valence-electron chi connectivity index (χ2n) is 11.2. The van der Waals surface area contributed by atoms with Crippen molar-refractivity contribution < 1.29 is 9.59 Å². The van der Waals surface area contributed by atoms with Crippen LogP contribution in [0, 0.1) is 6.92 Å². The maximum absolute atomic E-state index is 13.7. The molecule has 6 heteroatoms. The Morgan fingerprint density at radius 3 is 2.40 bits per heavy atom. The van der Waals surface area contributed by atoms with Gasteiger partial charge in [-0.05, 0) is 87.2 Å². The Labute approximate surface area is 241 Å². The van der Waals surface area contributed by atoms with Crippen molar-refractivity contribution in [3.05, 3.63) is 100.0 Å². The molecule has 0 aliphatic carbocycles. The van der Waals surface area contributed by atoms with Gasteiger partial charge in [0.2, 0.25) is 0 Å². The number of hydrogen-bond acceptors (Lipinski definition) is 4. The third-order valence-corrected chi connectivity index (χ3v) is 9.45. The number of fused-ring (bicyclic) bond motifs is 1. The van der Waals surface area contributed by atoms with Crippen LogP contribution in [0.15, 0.2) is 82.6 Å². The maximum Gasteiger partial charge on any atom is 0.265 e. The van der Waals surface area contributed by atoms with Crippen LogP contribution < -0.4 is 4.90 Å². The molecule has 3 aromatic rings. The molecule has 3 aliphatic rings. The van der Waals surface area contributed by atoms with Gasteiger partial charge in [0.25, 0.3) is 11.8 Å². The van der Waals surface area contributed by atoms with Crippen molar-refractivity contribution in [2.24, 2.45) is 0 Å². The number of carbonyl (C=O) groups is 2. The first kappa shape index (κ1) is 26.9. The van der Waals surface area contributed by atoms with E-state index in [4.69, 9.17) is 0 Å². The molecule has 0 atom stereocenters. The summed E-state index contributed by atoms with van der Waals surface area (Å²) in [6.07, 6.45) is 8.05. The van der Waals surface area contributed by atoms with Crippen LogP contribution in [0.2, 0.25) is 0 Å². The topological polar surface area (TPSA) is 43.9 Å². The van der Waals surface area contributed by atoms with E-state index in [0.717, 1.165) is 47.6 Å². The number of nitrogens with zero attached hydrogens (tertiary/aromatic N) is 3. The summed E-state index contributed by atoms with van der Waals surface area (Å²) in [6.45, 7) is 6.68. The monoisotopic (exact) mass is 551 g/mol. The van der Waals surface area contributed by atoms with E-state index in [1.807, 2.05) is 64.4 Å². The van der Waals surface area contributed by atoms with Crippen molar-refractivity contribution in [1.29, 1.82) is 0 Å². The summed E-state index contributed by atoms with van der Waals surface area (Å²) in [4.78, 5) is 35.2. The highest BCUT2D eigenvalue weighted by atomic mass is 32.2. The molecule has 2 saturated heterocycles. The minimum atomic E-state index is 0.00179. The third kappa shape index (κ3) is 5.89. The fourth-order valence-corrected chi connectivity index (χ4v) is 7.24. The normalized spacial score (nSPS) is 19.6. The number of rotatable bonds is 5. The summed E-state index contributed by atoms with van der Waals surface area (Å²) in [6, 6.07) is 24.7. The van der Waals surface area contributed by atoms with Crippen molar-refractivity contribution in [2.45, 2.75) is 56.5 Å². The van der Waals surface area contributed by atoms with Gasteiger partial charge in [0.15, 0.2) is 0 Å². The fraction of sp³-hybridized carbons (Fsp3) is 0.353. The van der Waals surface area contributed by atoms with Crippen LogP contribution >= 0.6 is 11.8 Å². The first-order valence-electron chi connectivity index (χ1n) is 14.5. The lowest BCUT2D eigenvalue weighted by atomic mass is 9.99. The molecule has 0 saturated carbocycles. The largest absolute Gasteiger partial charge is 0.339 e. The molecule has 3 heterocycles. The Bertz CT molecular complexity index is 1400. The van der Waals surface area contributed by atoms with Gasteiger partial charge in [-0.2, -0.15) is 0 Å². The Balaban J connectivity index is 1.15. The van der Waals surface area contributed by atoms with E-state index in [2.05, 4.69) is 36.1 Å². The molecule has 6 rings (SSSR count). The minimum Gasteiger partial charge on any atom is -0.339 e. The molecule has 206 valence electrons. The molecule has 0 unspecified atom stereocenters. The standard InChI is InChI=1S/C34H37N3O2S/c1-25-8-7-9-27(22-25)24-37-30-10-3-4-11-31(30)40-32(34(37)39)23-26-12-14-28(15-13-26)33(38)36-20-16-29(17-21-36)35-18-5-2-6-19-35/h3-4,7-15,22-23,29H,2,5-6,16-21,24H2,1H3/b32-23+. The highest BCUT2D eigenvalue weighted by Crippen LogP contribution is 2.42. The highest BCUT2D eigenvalue weighted by Gasteiger charge is 2.30. The van der Waals surface area contributed by atoms with Gasteiger partial charge in [-0.25, -0.2) is 0 Å². The quantitative estimate of drug-likeness (QED) is 0.329. The maximum atomic E-state index is 13.7. The van der Waals surface area contributed by atoms with Crippen molar-refractivity contribution in [3.8, 4) is 0 Å². The van der Waals surface area contributed by atoms with E-state index < -0.39 is 0 Å². The van der Waals surface area contributed by atoms with Crippen molar-refractivity contribution >= 4 is 35.3 Å². The van der Waals surface area contributed by atoms with Crippen LogP contribution in [0.25, 0.3) is 6.08 Å². The zero-order valence-electron chi connectivity index (χ0n) is 23.2. The minimum absolute atomic E-state index is 0.00179. The van der Waals surface area contributed by atoms with Gasteiger partial charge in [0, 0.05) is 29.6 Å². The summed E-state index contributed by atoms with van der Waals surface area (Å²) in [7, 11) is 0. The lowest BCUT2D eigenvalue weighted by Gasteiger charge is -2.40. The number of aryl methyl sites for hydroxylation is 1. The number of piperidine rings is 2. The Morgan fingerprint density at radius 1 is 0.900 bits per heavy atom. The highest BCUT2D eigenvalue weighted by molar-refractivity contribution is 8.04. The van der Waals surface area contributed by atoms with Gasteiger partial charge >= 0.3 is 0 Å². The number of benzene rings is 3. The second kappa shape index (κ2) is 12.0. The smallest absolute Gasteiger partial charge is 0.265 e. The molecule has 0 radical (unpaired) electrons. The molecule has 0 bridgehead atoms. The Morgan fingerprint density at radius 2 is 1.65 bits per heavy atom. The number of likely N-dealkylation sites (tertiary alicyclic amines) is 2. The number of thioether (sulfide) groups is 1. The van der Waals surface area contributed by atoms with Crippen LogP contribution in [0.1, 0.15) is 59.2 Å². The van der Waals surface area contributed by atoms with E-state index in [1.54, 1.807) is 0 Å². The predicted octanol–water partition coefficient (Wildman–Crippen LogP) is 6.77. The molecule has 5 nitrogen and oxygen atoms in total. The Kier molecular flexibility index (Phi) is 8.08. The number of amides is 2. The molecule has 2 fully saturated rings. The van der Waals surface area contributed by atoms with E-state index in [1.165, 1.54) is 49.7 Å². The van der Waals surface area contributed by atoms with E-state index in [-0.39, 0.29) is 11.8 Å². The predicted molar refractivity (Wildman–Crippen MR) is 163 cm³/mol. The molecule has 40 heavy (non-hydrogen) atoms. The van der Waals surface area contributed by atoms with E-state index in [9.17, 15) is 9.59 Å². The molecule has 3 aliphatic heterocycles. The third-order valence-electron chi connectivity index (χ3n) is 8.37. The van der Waals surface area contributed by atoms with Gasteiger partial charge in [0.05, 0.1) is 17.1 Å². The molecule has 0 N–H and O–H groups in total. The van der Waals surface area contributed by atoms with Crippen LogP contribution in [0.4, 0.5) is 5.69 Å². The first-order valence-corrected chi connectivity index (χ1v) is 15.4. The lowest BCUT2D eigenvalue weighted by molar-refractivity contribution is -0.114. The van der Waals surface area contributed by atoms with Gasteiger partial charge < -0.3 is 14.7 Å². The van der Waals surface area contributed by atoms with Crippen molar-refractivity contribution in [2.75, 3.05) is 31.1 Å². The average Bonchev–Trinajstić information content (AvgIpc) is 3.00. The van der Waals surface area contributed by atoms with Crippen LogP contribution in [0.5, 0.6) is 0 Å². The number of carbonyl (C=O) groups excluding carboxylic acids is 2.